The number of thiazole rings is 1. The first kappa shape index (κ1) is 24.3. The second kappa shape index (κ2) is 10.9. The fourth-order valence-electron chi connectivity index (χ4n) is 2.41. The number of carbonyl (C=O) groups is 2. The van der Waals surface area contributed by atoms with Crippen LogP contribution in [0.3, 0.4) is 0 Å². The van der Waals surface area contributed by atoms with Crippen molar-refractivity contribution in [2.24, 2.45) is 0 Å². The van der Waals surface area contributed by atoms with Crippen molar-refractivity contribution in [1.82, 2.24) is 9.88 Å². The molecule has 0 unspecified atom stereocenters. The summed E-state index contributed by atoms with van der Waals surface area (Å²) in [6, 6.07) is 5.37. The van der Waals surface area contributed by atoms with Crippen LogP contribution in [0.5, 0.6) is 0 Å². The standard InChI is InChI=1S/C16H15Cl2N3OS.C5H10O2/c1-21-6-4-10(5-7-21)15(22)19-14-9-23-16(20-14)11-2-3-12(17)13(18)8-11;1-5(2,3)7-4-6/h2-4,8-9H,5-7H2,1H3,(H,19,22);4H,1-3H3. The average Bonchev–Trinajstić information content (AvgIpc) is 3.12. The Morgan fingerprint density at radius 3 is 2.57 bits per heavy atom. The fraction of sp³-hybridized carbons (Fsp3) is 0.381. The molecule has 1 amide bonds. The van der Waals surface area contributed by atoms with E-state index in [0.29, 0.717) is 22.3 Å². The van der Waals surface area contributed by atoms with Gasteiger partial charge in [0, 0.05) is 29.6 Å². The normalized spacial score (nSPS) is 14.3. The summed E-state index contributed by atoms with van der Waals surface area (Å²) in [6.07, 6.45) is 2.72. The third-order valence-electron chi connectivity index (χ3n) is 4.02. The molecular formula is C21H25Cl2N3O3S. The Bertz CT molecular complexity index is 922. The number of hydrogen-bond acceptors (Lipinski definition) is 6. The summed E-state index contributed by atoms with van der Waals surface area (Å²) in [7, 11) is 2.04. The first-order valence-corrected chi connectivity index (χ1v) is 10.9. The molecule has 3 rings (SSSR count). The molecular weight excluding hydrogens is 445 g/mol. The number of benzene rings is 1. The van der Waals surface area contributed by atoms with Gasteiger partial charge in [0.1, 0.15) is 16.4 Å². The molecule has 162 valence electrons. The van der Waals surface area contributed by atoms with Gasteiger partial charge < -0.3 is 15.0 Å². The maximum atomic E-state index is 12.2. The van der Waals surface area contributed by atoms with Crippen molar-refractivity contribution < 1.29 is 14.3 Å². The van der Waals surface area contributed by atoms with E-state index in [-0.39, 0.29) is 11.5 Å². The number of aromatic nitrogens is 1. The van der Waals surface area contributed by atoms with Crippen molar-refractivity contribution in [2.75, 3.05) is 25.5 Å². The number of ether oxygens (including phenoxy) is 1. The molecule has 1 aromatic carbocycles. The molecule has 1 aromatic heterocycles. The number of anilines is 1. The van der Waals surface area contributed by atoms with E-state index < -0.39 is 0 Å². The largest absolute Gasteiger partial charge is 0.462 e. The van der Waals surface area contributed by atoms with Crippen LogP contribution >= 0.6 is 34.5 Å². The van der Waals surface area contributed by atoms with Gasteiger partial charge in [-0.05, 0) is 46.4 Å². The van der Waals surface area contributed by atoms with Crippen molar-refractivity contribution in [3.8, 4) is 10.6 Å². The summed E-state index contributed by atoms with van der Waals surface area (Å²) < 4.78 is 4.55. The smallest absolute Gasteiger partial charge is 0.293 e. The van der Waals surface area contributed by atoms with Gasteiger partial charge >= 0.3 is 0 Å². The predicted molar refractivity (Wildman–Crippen MR) is 123 cm³/mol. The molecule has 2 heterocycles. The van der Waals surface area contributed by atoms with Gasteiger partial charge in [0.05, 0.1) is 10.0 Å². The molecule has 9 heteroatoms. The molecule has 0 saturated heterocycles. The topological polar surface area (TPSA) is 71.5 Å². The van der Waals surface area contributed by atoms with E-state index in [9.17, 15) is 9.59 Å². The van der Waals surface area contributed by atoms with Crippen LogP contribution in [0.2, 0.25) is 10.0 Å². The maximum absolute atomic E-state index is 12.2. The van der Waals surface area contributed by atoms with E-state index in [1.807, 2.05) is 45.3 Å². The molecule has 0 spiro atoms. The van der Waals surface area contributed by atoms with E-state index in [1.165, 1.54) is 11.3 Å². The van der Waals surface area contributed by atoms with Crippen molar-refractivity contribution >= 4 is 52.7 Å². The number of hydrogen-bond donors (Lipinski definition) is 1. The molecule has 1 N–H and O–H groups in total. The number of likely N-dealkylation sites (N-methyl/N-ethyl adjacent to an activating group) is 1. The third kappa shape index (κ3) is 7.72. The summed E-state index contributed by atoms with van der Waals surface area (Å²) in [5.41, 5.74) is 1.37. The fourth-order valence-corrected chi connectivity index (χ4v) is 3.46. The summed E-state index contributed by atoms with van der Waals surface area (Å²) >= 11 is 13.4. The van der Waals surface area contributed by atoms with Crippen LogP contribution in [0.4, 0.5) is 5.82 Å². The lowest BCUT2D eigenvalue weighted by Crippen LogP contribution is -2.28. The Labute approximate surface area is 190 Å². The van der Waals surface area contributed by atoms with Crippen LogP contribution in [0.25, 0.3) is 10.6 Å². The van der Waals surface area contributed by atoms with E-state index in [1.54, 1.807) is 12.1 Å². The minimum atomic E-state index is -0.318. The molecule has 0 atom stereocenters. The zero-order valence-corrected chi connectivity index (χ0v) is 19.7. The van der Waals surface area contributed by atoms with Gasteiger partial charge in [0.25, 0.3) is 12.4 Å². The van der Waals surface area contributed by atoms with Gasteiger partial charge in [0.15, 0.2) is 0 Å². The number of nitrogens with one attached hydrogen (secondary N) is 1. The highest BCUT2D eigenvalue weighted by Crippen LogP contribution is 2.31. The van der Waals surface area contributed by atoms with Gasteiger partial charge in [-0.2, -0.15) is 0 Å². The van der Waals surface area contributed by atoms with Crippen LogP contribution in [-0.2, 0) is 14.3 Å². The third-order valence-corrected chi connectivity index (χ3v) is 5.65. The highest BCUT2D eigenvalue weighted by atomic mass is 35.5. The summed E-state index contributed by atoms with van der Waals surface area (Å²) in [5.74, 6) is 0.477. The molecule has 6 nitrogen and oxygen atoms in total. The van der Waals surface area contributed by atoms with Crippen LogP contribution in [0.15, 0.2) is 35.2 Å². The minimum absolute atomic E-state index is 0.0795. The molecule has 0 saturated carbocycles. The molecule has 1 aliphatic rings. The number of rotatable bonds is 4. The summed E-state index contributed by atoms with van der Waals surface area (Å²) in [5, 5.41) is 6.47. The Balaban J connectivity index is 0.000000396. The second-order valence-electron chi connectivity index (χ2n) is 7.69. The Morgan fingerprint density at radius 1 is 1.30 bits per heavy atom. The lowest BCUT2D eigenvalue weighted by Gasteiger charge is -2.20. The summed E-state index contributed by atoms with van der Waals surface area (Å²) in [4.78, 5) is 28.5. The van der Waals surface area contributed by atoms with Crippen molar-refractivity contribution in [2.45, 2.75) is 32.8 Å². The Morgan fingerprint density at radius 2 is 2.03 bits per heavy atom. The Hall–Kier alpha value is -1.93. The SMILES string of the molecule is CC(C)(C)OC=O.CN1CC=C(C(=O)Nc2csc(-c3ccc(Cl)c(Cl)c3)n2)CC1. The average molecular weight is 470 g/mol. The van der Waals surface area contributed by atoms with Gasteiger partial charge in [-0.3, -0.25) is 9.59 Å². The maximum Gasteiger partial charge on any atom is 0.293 e. The number of carbonyl (C=O) groups excluding carboxylic acids is 2. The molecule has 0 bridgehead atoms. The zero-order valence-electron chi connectivity index (χ0n) is 17.4. The van der Waals surface area contributed by atoms with E-state index in [0.717, 1.165) is 35.7 Å². The molecule has 0 radical (unpaired) electrons. The van der Waals surface area contributed by atoms with Gasteiger partial charge in [-0.15, -0.1) is 11.3 Å². The van der Waals surface area contributed by atoms with Crippen LogP contribution < -0.4 is 5.32 Å². The molecule has 30 heavy (non-hydrogen) atoms. The number of halogens is 2. The van der Waals surface area contributed by atoms with Crippen LogP contribution in [0, 0.1) is 0 Å². The number of amides is 1. The van der Waals surface area contributed by atoms with E-state index in [4.69, 9.17) is 23.2 Å². The first-order chi connectivity index (χ1) is 14.1. The van der Waals surface area contributed by atoms with Gasteiger partial charge in [-0.1, -0.05) is 35.3 Å². The van der Waals surface area contributed by atoms with E-state index in [2.05, 4.69) is 19.9 Å². The van der Waals surface area contributed by atoms with Crippen molar-refractivity contribution in [3.05, 3.63) is 45.3 Å². The molecule has 1 aliphatic heterocycles. The lowest BCUT2D eigenvalue weighted by molar-refractivity contribution is -0.138. The zero-order chi connectivity index (χ0) is 22.3. The quantitative estimate of drug-likeness (QED) is 0.616. The highest BCUT2D eigenvalue weighted by Gasteiger charge is 2.16. The molecule has 0 fully saturated rings. The van der Waals surface area contributed by atoms with Crippen molar-refractivity contribution in [1.29, 1.82) is 0 Å². The minimum Gasteiger partial charge on any atom is -0.462 e. The highest BCUT2D eigenvalue weighted by molar-refractivity contribution is 7.13. The van der Waals surface area contributed by atoms with Gasteiger partial charge in [-0.25, -0.2) is 4.98 Å². The first-order valence-electron chi connectivity index (χ1n) is 9.30. The van der Waals surface area contributed by atoms with Crippen molar-refractivity contribution in [3.63, 3.8) is 0 Å². The second-order valence-corrected chi connectivity index (χ2v) is 9.36. The number of nitrogens with zero attached hydrogens (tertiary/aromatic N) is 2. The Kier molecular flexibility index (Phi) is 8.85. The van der Waals surface area contributed by atoms with Crippen LogP contribution in [0.1, 0.15) is 27.2 Å². The monoisotopic (exact) mass is 469 g/mol. The predicted octanol–water partition coefficient (Wildman–Crippen LogP) is 5.28. The van der Waals surface area contributed by atoms with E-state index >= 15 is 0 Å². The van der Waals surface area contributed by atoms with Crippen LogP contribution in [-0.4, -0.2) is 48.0 Å². The lowest BCUT2D eigenvalue weighted by atomic mass is 10.1. The van der Waals surface area contributed by atoms with Gasteiger partial charge in [0.2, 0.25) is 0 Å². The molecule has 0 aliphatic carbocycles. The summed E-state index contributed by atoms with van der Waals surface area (Å²) in [6.45, 7) is 7.61. The molecule has 2 aromatic rings.